The van der Waals surface area contributed by atoms with E-state index in [1.807, 2.05) is 6.20 Å². The molecule has 0 saturated heterocycles. The second-order valence-electron chi connectivity index (χ2n) is 4.36. The lowest BCUT2D eigenvalue weighted by Crippen LogP contribution is -1.98. The van der Waals surface area contributed by atoms with Crippen molar-refractivity contribution in [3.05, 3.63) is 29.6 Å². The first kappa shape index (κ1) is 11.2. The van der Waals surface area contributed by atoms with Crippen LogP contribution in [0, 0.1) is 0 Å². The Morgan fingerprint density at radius 2 is 2.00 bits per heavy atom. The van der Waals surface area contributed by atoms with E-state index < -0.39 is 0 Å². The smallest absolute Gasteiger partial charge is 0.0431 e. The fraction of sp³-hybridized carbons (Fsp3) is 0.615. The summed E-state index contributed by atoms with van der Waals surface area (Å²) in [4.78, 5) is 4.38. The standard InChI is InChI=1S/C13H21N/c1-5-6-11(4)12-7-8-14-13(9-12)10(2)3/h7-11H,5-6H2,1-4H3. The molecule has 1 unspecified atom stereocenters. The van der Waals surface area contributed by atoms with Crippen LogP contribution in [0.15, 0.2) is 18.3 Å². The molecule has 1 heterocycles. The van der Waals surface area contributed by atoms with Gasteiger partial charge in [0.25, 0.3) is 0 Å². The van der Waals surface area contributed by atoms with Crippen LogP contribution >= 0.6 is 0 Å². The second-order valence-corrected chi connectivity index (χ2v) is 4.36. The van der Waals surface area contributed by atoms with Gasteiger partial charge in [0, 0.05) is 11.9 Å². The molecule has 0 bridgehead atoms. The third kappa shape index (κ3) is 2.83. The zero-order chi connectivity index (χ0) is 10.6. The molecule has 0 radical (unpaired) electrons. The van der Waals surface area contributed by atoms with Crippen molar-refractivity contribution in [2.24, 2.45) is 0 Å². The fourth-order valence-electron chi connectivity index (χ4n) is 1.69. The maximum absolute atomic E-state index is 4.38. The van der Waals surface area contributed by atoms with Crippen molar-refractivity contribution in [1.82, 2.24) is 4.98 Å². The van der Waals surface area contributed by atoms with Crippen molar-refractivity contribution in [1.29, 1.82) is 0 Å². The van der Waals surface area contributed by atoms with Gasteiger partial charge in [-0.05, 0) is 36.0 Å². The van der Waals surface area contributed by atoms with Gasteiger partial charge in [0.15, 0.2) is 0 Å². The molecule has 1 aromatic rings. The molecule has 1 atom stereocenters. The molecule has 1 rings (SSSR count). The summed E-state index contributed by atoms with van der Waals surface area (Å²) in [5, 5.41) is 0. The summed E-state index contributed by atoms with van der Waals surface area (Å²) >= 11 is 0. The van der Waals surface area contributed by atoms with E-state index in [2.05, 4.69) is 44.8 Å². The molecular weight excluding hydrogens is 170 g/mol. The van der Waals surface area contributed by atoms with E-state index in [-0.39, 0.29) is 0 Å². The first-order valence-electron chi connectivity index (χ1n) is 5.61. The molecule has 0 saturated carbocycles. The molecule has 1 aromatic heterocycles. The normalized spacial score (nSPS) is 13.2. The van der Waals surface area contributed by atoms with Crippen LogP contribution < -0.4 is 0 Å². The summed E-state index contributed by atoms with van der Waals surface area (Å²) in [6, 6.07) is 4.40. The minimum absolute atomic E-state index is 0.531. The van der Waals surface area contributed by atoms with E-state index in [0.29, 0.717) is 11.8 Å². The summed E-state index contributed by atoms with van der Waals surface area (Å²) < 4.78 is 0. The summed E-state index contributed by atoms with van der Waals surface area (Å²) in [6.07, 6.45) is 4.46. The Morgan fingerprint density at radius 3 is 2.57 bits per heavy atom. The van der Waals surface area contributed by atoms with Gasteiger partial charge in [-0.25, -0.2) is 0 Å². The Bertz CT molecular complexity index is 278. The minimum Gasteiger partial charge on any atom is -0.261 e. The van der Waals surface area contributed by atoms with Crippen molar-refractivity contribution in [3.63, 3.8) is 0 Å². The zero-order valence-electron chi connectivity index (χ0n) is 9.75. The zero-order valence-corrected chi connectivity index (χ0v) is 9.75. The average molecular weight is 191 g/mol. The third-order valence-electron chi connectivity index (χ3n) is 2.69. The number of aromatic nitrogens is 1. The minimum atomic E-state index is 0.531. The maximum Gasteiger partial charge on any atom is 0.0431 e. The molecule has 14 heavy (non-hydrogen) atoms. The van der Waals surface area contributed by atoms with Crippen LogP contribution in [0.3, 0.4) is 0 Å². The molecule has 0 fully saturated rings. The van der Waals surface area contributed by atoms with Crippen molar-refractivity contribution in [2.75, 3.05) is 0 Å². The third-order valence-corrected chi connectivity index (χ3v) is 2.69. The molecule has 0 amide bonds. The van der Waals surface area contributed by atoms with Crippen LogP contribution in [0.4, 0.5) is 0 Å². The van der Waals surface area contributed by atoms with E-state index in [1.54, 1.807) is 0 Å². The van der Waals surface area contributed by atoms with Gasteiger partial charge in [0.05, 0.1) is 0 Å². The Kier molecular flexibility index (Phi) is 4.12. The molecule has 78 valence electrons. The van der Waals surface area contributed by atoms with Gasteiger partial charge in [-0.1, -0.05) is 34.1 Å². The number of hydrogen-bond donors (Lipinski definition) is 0. The van der Waals surface area contributed by atoms with E-state index in [9.17, 15) is 0 Å². The highest BCUT2D eigenvalue weighted by atomic mass is 14.7. The molecule has 1 heteroatoms. The molecule has 0 aromatic carbocycles. The topological polar surface area (TPSA) is 12.9 Å². The van der Waals surface area contributed by atoms with Gasteiger partial charge >= 0.3 is 0 Å². The summed E-state index contributed by atoms with van der Waals surface area (Å²) in [6.45, 7) is 8.91. The van der Waals surface area contributed by atoms with Crippen LogP contribution in [-0.4, -0.2) is 4.98 Å². The Labute approximate surface area is 87.6 Å². The highest BCUT2D eigenvalue weighted by Crippen LogP contribution is 2.22. The molecule has 1 nitrogen and oxygen atoms in total. The van der Waals surface area contributed by atoms with Gasteiger partial charge in [0.2, 0.25) is 0 Å². The second kappa shape index (κ2) is 5.14. The lowest BCUT2D eigenvalue weighted by Gasteiger charge is -2.12. The molecule has 0 aliphatic heterocycles. The van der Waals surface area contributed by atoms with Crippen LogP contribution in [0.2, 0.25) is 0 Å². The average Bonchev–Trinajstić information content (AvgIpc) is 2.18. The SMILES string of the molecule is CCCC(C)c1ccnc(C(C)C)c1. The predicted molar refractivity (Wildman–Crippen MR) is 61.6 cm³/mol. The molecule has 0 spiro atoms. The molecule has 0 aliphatic carbocycles. The first-order chi connectivity index (χ1) is 6.65. The Balaban J connectivity index is 2.82. The van der Waals surface area contributed by atoms with E-state index in [0.717, 1.165) is 0 Å². The lowest BCUT2D eigenvalue weighted by molar-refractivity contribution is 0.660. The van der Waals surface area contributed by atoms with Gasteiger partial charge in [-0.2, -0.15) is 0 Å². The van der Waals surface area contributed by atoms with Crippen LogP contribution in [0.1, 0.15) is 63.6 Å². The van der Waals surface area contributed by atoms with Gasteiger partial charge in [-0.15, -0.1) is 0 Å². The van der Waals surface area contributed by atoms with Gasteiger partial charge < -0.3 is 0 Å². The molecule has 0 N–H and O–H groups in total. The highest BCUT2D eigenvalue weighted by molar-refractivity contribution is 5.21. The van der Waals surface area contributed by atoms with Gasteiger partial charge in [0.1, 0.15) is 0 Å². The maximum atomic E-state index is 4.38. The Morgan fingerprint density at radius 1 is 1.29 bits per heavy atom. The number of nitrogens with zero attached hydrogens (tertiary/aromatic N) is 1. The lowest BCUT2D eigenvalue weighted by atomic mass is 9.95. The summed E-state index contributed by atoms with van der Waals surface area (Å²) in [5.74, 6) is 1.20. The highest BCUT2D eigenvalue weighted by Gasteiger charge is 2.07. The number of pyridine rings is 1. The fourth-order valence-corrected chi connectivity index (χ4v) is 1.69. The van der Waals surface area contributed by atoms with E-state index in [4.69, 9.17) is 0 Å². The van der Waals surface area contributed by atoms with Crippen LogP contribution in [-0.2, 0) is 0 Å². The van der Waals surface area contributed by atoms with Gasteiger partial charge in [-0.3, -0.25) is 4.98 Å². The van der Waals surface area contributed by atoms with E-state index >= 15 is 0 Å². The van der Waals surface area contributed by atoms with Crippen molar-refractivity contribution < 1.29 is 0 Å². The molecular formula is C13H21N. The number of rotatable bonds is 4. The van der Waals surface area contributed by atoms with Crippen molar-refractivity contribution in [3.8, 4) is 0 Å². The predicted octanol–water partition coefficient (Wildman–Crippen LogP) is 4.11. The monoisotopic (exact) mass is 191 g/mol. The quantitative estimate of drug-likeness (QED) is 0.698. The summed E-state index contributed by atoms with van der Waals surface area (Å²) in [5.41, 5.74) is 2.65. The molecule has 0 aliphatic rings. The van der Waals surface area contributed by atoms with Crippen molar-refractivity contribution in [2.45, 2.75) is 52.4 Å². The van der Waals surface area contributed by atoms with Crippen LogP contribution in [0.25, 0.3) is 0 Å². The van der Waals surface area contributed by atoms with Crippen molar-refractivity contribution >= 4 is 0 Å². The summed E-state index contributed by atoms with van der Waals surface area (Å²) in [7, 11) is 0. The largest absolute Gasteiger partial charge is 0.261 e. The number of hydrogen-bond acceptors (Lipinski definition) is 1. The van der Waals surface area contributed by atoms with E-state index in [1.165, 1.54) is 24.1 Å². The Hall–Kier alpha value is -0.850. The first-order valence-corrected chi connectivity index (χ1v) is 5.61. The van der Waals surface area contributed by atoms with Crippen LogP contribution in [0.5, 0.6) is 0 Å².